The van der Waals surface area contributed by atoms with E-state index in [1.165, 1.54) is 11.4 Å². The van der Waals surface area contributed by atoms with Gasteiger partial charge in [-0.05, 0) is 24.7 Å². The van der Waals surface area contributed by atoms with Gasteiger partial charge in [0, 0.05) is 32.5 Å². The smallest absolute Gasteiger partial charge is 0.305 e. The predicted molar refractivity (Wildman–Crippen MR) is 75.9 cm³/mol. The van der Waals surface area contributed by atoms with Crippen molar-refractivity contribution in [2.75, 3.05) is 32.5 Å². The van der Waals surface area contributed by atoms with Crippen molar-refractivity contribution in [1.29, 1.82) is 0 Å². The van der Waals surface area contributed by atoms with Crippen molar-refractivity contribution in [3.63, 3.8) is 0 Å². The summed E-state index contributed by atoms with van der Waals surface area (Å²) in [5.41, 5.74) is -0.0604. The van der Waals surface area contributed by atoms with Gasteiger partial charge in [0.2, 0.25) is 15.9 Å². The molecule has 120 valence electrons. The Labute approximate surface area is 125 Å². The number of ether oxygens (including phenoxy) is 1. The third-order valence-corrected chi connectivity index (χ3v) is 6.34. The molecule has 7 nitrogen and oxygen atoms in total. The fourth-order valence-electron chi connectivity index (χ4n) is 2.97. The largest absolute Gasteiger partial charge is 0.469 e. The summed E-state index contributed by atoms with van der Waals surface area (Å²) in [5.74, 6) is -0.366. The summed E-state index contributed by atoms with van der Waals surface area (Å²) in [5, 5.41) is 2.83. The second-order valence-electron chi connectivity index (χ2n) is 5.85. The second kappa shape index (κ2) is 6.31. The maximum absolute atomic E-state index is 12.2. The summed E-state index contributed by atoms with van der Waals surface area (Å²) in [6, 6.07) is 0. The Kier molecular flexibility index (Phi) is 4.88. The fourth-order valence-corrected chi connectivity index (χ4v) is 4.48. The van der Waals surface area contributed by atoms with Crippen molar-refractivity contribution in [2.45, 2.75) is 32.1 Å². The number of carbonyl (C=O) groups excluding carboxylic acids is 2. The Balaban J connectivity index is 1.83. The highest BCUT2D eigenvalue weighted by Crippen LogP contribution is 2.38. The molecule has 0 saturated carbocycles. The zero-order valence-electron chi connectivity index (χ0n) is 12.3. The Morgan fingerprint density at radius 3 is 2.57 bits per heavy atom. The Morgan fingerprint density at radius 2 is 2.05 bits per heavy atom. The number of amides is 1. The summed E-state index contributed by atoms with van der Waals surface area (Å²) in [6.07, 6.45) is 2.32. The Morgan fingerprint density at radius 1 is 1.38 bits per heavy atom. The molecule has 0 aliphatic carbocycles. The molecule has 0 bridgehead atoms. The summed E-state index contributed by atoms with van der Waals surface area (Å²) in [6.45, 7) is 1.56. The molecule has 0 radical (unpaired) electrons. The Hall–Kier alpha value is -1.15. The lowest BCUT2D eigenvalue weighted by Crippen LogP contribution is -2.44. The zero-order chi connectivity index (χ0) is 15.5. The summed E-state index contributed by atoms with van der Waals surface area (Å²) in [7, 11) is -2.04. The molecule has 0 aromatic carbocycles. The normalized spacial score (nSPS) is 22.2. The maximum atomic E-state index is 12.2. The molecule has 2 saturated heterocycles. The van der Waals surface area contributed by atoms with Crippen LogP contribution in [0.1, 0.15) is 32.1 Å². The van der Waals surface area contributed by atoms with E-state index in [-0.39, 0.29) is 29.9 Å². The van der Waals surface area contributed by atoms with E-state index in [2.05, 4.69) is 10.1 Å². The maximum Gasteiger partial charge on any atom is 0.305 e. The van der Waals surface area contributed by atoms with Gasteiger partial charge in [-0.15, -0.1) is 0 Å². The van der Waals surface area contributed by atoms with E-state index in [9.17, 15) is 18.0 Å². The van der Waals surface area contributed by atoms with Crippen molar-refractivity contribution in [1.82, 2.24) is 9.62 Å². The molecule has 0 aromatic rings. The number of hydrogen-bond donors (Lipinski definition) is 1. The van der Waals surface area contributed by atoms with Crippen molar-refractivity contribution in [3.8, 4) is 0 Å². The van der Waals surface area contributed by atoms with Crippen molar-refractivity contribution < 1.29 is 22.7 Å². The standard InChI is InChI=1S/C13H22N2O5S/c1-20-12(17)3-2-8-21(18,19)15-6-4-13(5-7-15)9-11(16)14-10-13/h2-10H2,1H3,(H,14,16). The van der Waals surface area contributed by atoms with E-state index in [0.29, 0.717) is 38.9 Å². The van der Waals surface area contributed by atoms with Gasteiger partial charge in [0.15, 0.2) is 0 Å². The minimum absolute atomic E-state index is 0.0354. The minimum atomic E-state index is -3.33. The van der Waals surface area contributed by atoms with E-state index in [1.54, 1.807) is 0 Å². The van der Waals surface area contributed by atoms with Crippen molar-refractivity contribution >= 4 is 21.9 Å². The van der Waals surface area contributed by atoms with Crippen LogP contribution in [0.2, 0.25) is 0 Å². The van der Waals surface area contributed by atoms with Gasteiger partial charge in [-0.3, -0.25) is 9.59 Å². The number of methoxy groups -OCH3 is 1. The number of esters is 1. The first-order valence-corrected chi connectivity index (χ1v) is 8.79. The molecule has 2 heterocycles. The first kappa shape index (κ1) is 16.2. The van der Waals surface area contributed by atoms with Crippen LogP contribution < -0.4 is 5.32 Å². The molecule has 8 heteroatoms. The number of sulfonamides is 1. The topological polar surface area (TPSA) is 92.8 Å². The highest BCUT2D eigenvalue weighted by molar-refractivity contribution is 7.89. The molecule has 0 unspecified atom stereocenters. The first-order chi connectivity index (χ1) is 9.87. The average Bonchev–Trinajstić information content (AvgIpc) is 2.80. The first-order valence-electron chi connectivity index (χ1n) is 7.18. The summed E-state index contributed by atoms with van der Waals surface area (Å²) >= 11 is 0. The zero-order valence-corrected chi connectivity index (χ0v) is 13.1. The van der Waals surface area contributed by atoms with Crippen LogP contribution in [0.3, 0.4) is 0 Å². The number of hydrogen-bond acceptors (Lipinski definition) is 5. The lowest BCUT2D eigenvalue weighted by molar-refractivity contribution is -0.140. The van der Waals surface area contributed by atoms with Gasteiger partial charge in [-0.2, -0.15) is 0 Å². The molecule has 21 heavy (non-hydrogen) atoms. The van der Waals surface area contributed by atoms with Crippen LogP contribution in [0.5, 0.6) is 0 Å². The number of carbonyl (C=O) groups is 2. The van der Waals surface area contributed by atoms with Gasteiger partial charge in [-0.25, -0.2) is 12.7 Å². The van der Waals surface area contributed by atoms with Crippen LogP contribution in [0.25, 0.3) is 0 Å². The lowest BCUT2D eigenvalue weighted by Gasteiger charge is -2.37. The molecule has 2 aliphatic heterocycles. The van der Waals surface area contributed by atoms with Gasteiger partial charge in [-0.1, -0.05) is 0 Å². The van der Waals surface area contributed by atoms with Gasteiger partial charge >= 0.3 is 5.97 Å². The molecule has 2 fully saturated rings. The number of nitrogens with one attached hydrogen (secondary N) is 1. The Bertz CT molecular complexity index is 509. The quantitative estimate of drug-likeness (QED) is 0.713. The number of rotatable bonds is 5. The summed E-state index contributed by atoms with van der Waals surface area (Å²) in [4.78, 5) is 22.3. The predicted octanol–water partition coefficient (Wildman–Crippen LogP) is -0.128. The van der Waals surface area contributed by atoms with E-state index in [4.69, 9.17) is 0 Å². The lowest BCUT2D eigenvalue weighted by atomic mass is 9.78. The molecule has 1 spiro atoms. The molecular formula is C13H22N2O5S. The molecule has 1 N–H and O–H groups in total. The molecule has 2 rings (SSSR count). The van der Waals surface area contributed by atoms with Gasteiger partial charge in [0.25, 0.3) is 0 Å². The highest BCUT2D eigenvalue weighted by atomic mass is 32.2. The van der Waals surface area contributed by atoms with Crippen LogP contribution in [0, 0.1) is 5.41 Å². The molecule has 0 atom stereocenters. The van der Waals surface area contributed by atoms with Crippen molar-refractivity contribution in [3.05, 3.63) is 0 Å². The van der Waals surface area contributed by atoms with Crippen LogP contribution in [-0.4, -0.2) is 57.1 Å². The van der Waals surface area contributed by atoms with Gasteiger partial charge in [0.05, 0.1) is 12.9 Å². The van der Waals surface area contributed by atoms with Crippen LogP contribution >= 0.6 is 0 Å². The van der Waals surface area contributed by atoms with Crippen LogP contribution in [0.15, 0.2) is 0 Å². The minimum Gasteiger partial charge on any atom is -0.469 e. The third-order valence-electron chi connectivity index (χ3n) is 4.38. The van der Waals surface area contributed by atoms with E-state index < -0.39 is 16.0 Å². The number of nitrogens with zero attached hydrogens (tertiary/aromatic N) is 1. The SMILES string of the molecule is COC(=O)CCCS(=O)(=O)N1CCC2(CC1)CNC(=O)C2. The second-order valence-corrected chi connectivity index (χ2v) is 7.94. The van der Waals surface area contributed by atoms with Crippen LogP contribution in [0.4, 0.5) is 0 Å². The van der Waals surface area contributed by atoms with E-state index >= 15 is 0 Å². The fraction of sp³-hybridized carbons (Fsp3) is 0.846. The third kappa shape index (κ3) is 3.94. The highest BCUT2D eigenvalue weighted by Gasteiger charge is 2.42. The van der Waals surface area contributed by atoms with Gasteiger partial charge in [0.1, 0.15) is 0 Å². The van der Waals surface area contributed by atoms with E-state index in [0.717, 1.165) is 0 Å². The molecule has 1 amide bonds. The monoisotopic (exact) mass is 318 g/mol. The molecule has 2 aliphatic rings. The van der Waals surface area contributed by atoms with Crippen molar-refractivity contribution in [2.24, 2.45) is 5.41 Å². The molecule has 0 aromatic heterocycles. The summed E-state index contributed by atoms with van der Waals surface area (Å²) < 4.78 is 30.4. The van der Waals surface area contributed by atoms with Gasteiger partial charge < -0.3 is 10.1 Å². The van der Waals surface area contributed by atoms with E-state index in [1.807, 2.05) is 0 Å². The number of piperidine rings is 1. The molecular weight excluding hydrogens is 296 g/mol. The van der Waals surface area contributed by atoms with Crippen LogP contribution in [-0.2, 0) is 24.3 Å². The average molecular weight is 318 g/mol.